The Labute approximate surface area is 125 Å². The Bertz CT molecular complexity index is 584. The Balaban J connectivity index is 2.25. The molecule has 1 aromatic carbocycles. The van der Waals surface area contributed by atoms with Crippen LogP contribution in [0.1, 0.15) is 37.6 Å². The molecule has 0 spiro atoms. The van der Waals surface area contributed by atoms with Crippen molar-refractivity contribution in [1.82, 2.24) is 15.3 Å². The summed E-state index contributed by atoms with van der Waals surface area (Å²) in [5, 5.41) is 4.16. The number of rotatable bonds is 5. The number of halogens is 1. The lowest BCUT2D eigenvalue weighted by atomic mass is 10.1. The molecule has 1 unspecified atom stereocenters. The largest absolute Gasteiger partial charge is 0.310 e. The van der Waals surface area contributed by atoms with E-state index in [1.807, 2.05) is 37.4 Å². The first kappa shape index (κ1) is 14.9. The molecule has 3 nitrogen and oxygen atoms in total. The molecule has 0 bridgehead atoms. The maximum absolute atomic E-state index is 6.01. The molecular weight excluding hydrogens is 270 g/mol. The van der Waals surface area contributed by atoms with Gasteiger partial charge in [0.2, 0.25) is 0 Å². The highest BCUT2D eigenvalue weighted by atomic mass is 35.5. The van der Waals surface area contributed by atoms with E-state index in [0.29, 0.717) is 5.02 Å². The number of hydrogen-bond acceptors (Lipinski definition) is 3. The molecule has 2 rings (SSSR count). The minimum Gasteiger partial charge on any atom is -0.310 e. The maximum Gasteiger partial charge on any atom is 0.159 e. The van der Waals surface area contributed by atoms with Gasteiger partial charge >= 0.3 is 0 Å². The average molecular weight is 290 g/mol. The summed E-state index contributed by atoms with van der Waals surface area (Å²) in [6.07, 6.45) is 3.02. The molecule has 0 aliphatic rings. The Hall–Kier alpha value is -1.45. The Morgan fingerprint density at radius 3 is 2.80 bits per heavy atom. The van der Waals surface area contributed by atoms with Crippen molar-refractivity contribution in [2.45, 2.75) is 33.2 Å². The molecule has 0 aliphatic carbocycles. The molecule has 1 aromatic heterocycles. The van der Waals surface area contributed by atoms with Crippen molar-refractivity contribution < 1.29 is 0 Å². The molecule has 4 heteroatoms. The molecule has 0 aliphatic heterocycles. The fourth-order valence-corrected chi connectivity index (χ4v) is 2.33. The fraction of sp³-hybridized carbons (Fsp3) is 0.375. The van der Waals surface area contributed by atoms with Gasteiger partial charge in [0.15, 0.2) is 5.82 Å². The molecule has 0 radical (unpaired) electrons. The van der Waals surface area contributed by atoms with Crippen LogP contribution in [0.2, 0.25) is 5.02 Å². The normalized spacial score (nSPS) is 12.4. The third-order valence-electron chi connectivity index (χ3n) is 3.27. The lowest BCUT2D eigenvalue weighted by molar-refractivity contribution is 0.564. The number of nitrogens with one attached hydrogen (secondary N) is 1. The van der Waals surface area contributed by atoms with Gasteiger partial charge in [0.05, 0.1) is 0 Å². The summed E-state index contributed by atoms with van der Waals surface area (Å²) >= 11 is 6.01. The number of aryl methyl sites for hydroxylation is 1. The smallest absolute Gasteiger partial charge is 0.159 e. The van der Waals surface area contributed by atoms with Crippen molar-refractivity contribution in [3.63, 3.8) is 0 Å². The second-order valence-corrected chi connectivity index (χ2v) is 5.36. The van der Waals surface area contributed by atoms with Gasteiger partial charge in [-0.15, -0.1) is 0 Å². The van der Waals surface area contributed by atoms with Crippen molar-refractivity contribution in [3.05, 3.63) is 46.7 Å². The minimum absolute atomic E-state index is 0.267. The summed E-state index contributed by atoms with van der Waals surface area (Å²) < 4.78 is 0. The Kier molecular flexibility index (Phi) is 5.10. The van der Waals surface area contributed by atoms with Crippen LogP contribution in [0.3, 0.4) is 0 Å². The second-order valence-electron chi connectivity index (χ2n) is 4.92. The summed E-state index contributed by atoms with van der Waals surface area (Å²) in [6.45, 7) is 7.32. The molecule has 106 valence electrons. The lowest BCUT2D eigenvalue weighted by Gasteiger charge is -2.15. The van der Waals surface area contributed by atoms with Crippen LogP contribution in [0.4, 0.5) is 0 Å². The van der Waals surface area contributed by atoms with Gasteiger partial charge in [-0.1, -0.05) is 30.7 Å². The van der Waals surface area contributed by atoms with Crippen LogP contribution < -0.4 is 5.32 Å². The van der Waals surface area contributed by atoms with Gasteiger partial charge in [0, 0.05) is 34.1 Å². The van der Waals surface area contributed by atoms with Crippen molar-refractivity contribution in [1.29, 1.82) is 0 Å². The van der Waals surface area contributed by atoms with Gasteiger partial charge in [-0.3, -0.25) is 0 Å². The number of benzene rings is 1. The first-order valence-electron chi connectivity index (χ1n) is 6.94. The highest BCUT2D eigenvalue weighted by Gasteiger charge is 2.11. The maximum atomic E-state index is 6.01. The van der Waals surface area contributed by atoms with Gasteiger partial charge in [0.1, 0.15) is 0 Å². The van der Waals surface area contributed by atoms with Crippen LogP contribution in [-0.4, -0.2) is 16.5 Å². The van der Waals surface area contributed by atoms with E-state index < -0.39 is 0 Å². The van der Waals surface area contributed by atoms with Crippen molar-refractivity contribution >= 4 is 11.6 Å². The van der Waals surface area contributed by atoms with Crippen LogP contribution in [0, 0.1) is 6.92 Å². The first-order chi connectivity index (χ1) is 9.61. The molecule has 0 saturated carbocycles. The van der Waals surface area contributed by atoms with E-state index in [1.54, 1.807) is 0 Å². The van der Waals surface area contributed by atoms with E-state index in [0.717, 1.165) is 35.6 Å². The van der Waals surface area contributed by atoms with Crippen LogP contribution >= 0.6 is 11.6 Å². The lowest BCUT2D eigenvalue weighted by Crippen LogP contribution is -2.20. The van der Waals surface area contributed by atoms with E-state index in [9.17, 15) is 0 Å². The standard InChI is InChI=1S/C16H20ClN3/c1-4-8-18-11(2)15-10-19-16(20-12(15)3)13-6-5-7-14(17)9-13/h5-7,9-11,18H,4,8H2,1-3H3. The molecule has 0 amide bonds. The Morgan fingerprint density at radius 2 is 2.15 bits per heavy atom. The quantitative estimate of drug-likeness (QED) is 0.898. The zero-order valence-electron chi connectivity index (χ0n) is 12.2. The van der Waals surface area contributed by atoms with Crippen LogP contribution in [0.15, 0.2) is 30.5 Å². The Morgan fingerprint density at radius 1 is 1.35 bits per heavy atom. The number of hydrogen-bond donors (Lipinski definition) is 1. The molecule has 2 aromatic rings. The fourth-order valence-electron chi connectivity index (χ4n) is 2.14. The topological polar surface area (TPSA) is 37.8 Å². The summed E-state index contributed by atoms with van der Waals surface area (Å²) in [5.41, 5.74) is 3.09. The van der Waals surface area contributed by atoms with Crippen LogP contribution in [0.5, 0.6) is 0 Å². The predicted molar refractivity (Wildman–Crippen MR) is 83.9 cm³/mol. The summed E-state index contributed by atoms with van der Waals surface area (Å²) in [7, 11) is 0. The van der Waals surface area contributed by atoms with Gasteiger partial charge in [-0.25, -0.2) is 9.97 Å². The minimum atomic E-state index is 0.267. The van der Waals surface area contributed by atoms with Crippen molar-refractivity contribution in [3.8, 4) is 11.4 Å². The summed E-state index contributed by atoms with van der Waals surface area (Å²) in [6, 6.07) is 7.88. The van der Waals surface area contributed by atoms with Crippen molar-refractivity contribution in [2.24, 2.45) is 0 Å². The first-order valence-corrected chi connectivity index (χ1v) is 7.32. The number of aromatic nitrogens is 2. The van der Waals surface area contributed by atoms with Crippen molar-refractivity contribution in [2.75, 3.05) is 6.54 Å². The highest BCUT2D eigenvalue weighted by molar-refractivity contribution is 6.30. The summed E-state index contributed by atoms with van der Waals surface area (Å²) in [5.74, 6) is 0.719. The molecule has 0 saturated heterocycles. The third-order valence-corrected chi connectivity index (χ3v) is 3.50. The molecule has 1 atom stereocenters. The van der Waals surface area contributed by atoms with Gasteiger partial charge in [-0.05, 0) is 38.9 Å². The van der Waals surface area contributed by atoms with E-state index in [1.165, 1.54) is 0 Å². The van der Waals surface area contributed by atoms with E-state index >= 15 is 0 Å². The monoisotopic (exact) mass is 289 g/mol. The average Bonchev–Trinajstić information content (AvgIpc) is 2.44. The molecule has 20 heavy (non-hydrogen) atoms. The SMILES string of the molecule is CCCNC(C)c1cnc(-c2cccc(Cl)c2)nc1C. The van der Waals surface area contributed by atoms with Gasteiger partial charge in [0.25, 0.3) is 0 Å². The van der Waals surface area contributed by atoms with Crippen LogP contribution in [0.25, 0.3) is 11.4 Å². The van der Waals surface area contributed by atoms with E-state index in [4.69, 9.17) is 11.6 Å². The molecule has 1 N–H and O–H groups in total. The number of nitrogens with zero attached hydrogens (tertiary/aromatic N) is 2. The highest BCUT2D eigenvalue weighted by Crippen LogP contribution is 2.22. The third kappa shape index (κ3) is 3.56. The van der Waals surface area contributed by atoms with E-state index in [2.05, 4.69) is 29.1 Å². The molecule has 1 heterocycles. The van der Waals surface area contributed by atoms with E-state index in [-0.39, 0.29) is 6.04 Å². The summed E-state index contributed by atoms with van der Waals surface area (Å²) in [4.78, 5) is 9.07. The van der Waals surface area contributed by atoms with Crippen LogP contribution in [-0.2, 0) is 0 Å². The molecule has 0 fully saturated rings. The zero-order chi connectivity index (χ0) is 14.5. The zero-order valence-corrected chi connectivity index (χ0v) is 12.9. The van der Waals surface area contributed by atoms with Gasteiger partial charge < -0.3 is 5.32 Å². The molecular formula is C16H20ClN3. The predicted octanol–water partition coefficient (Wildman–Crippen LogP) is 4.17. The van der Waals surface area contributed by atoms with Gasteiger partial charge in [-0.2, -0.15) is 0 Å². The second kappa shape index (κ2) is 6.82.